The summed E-state index contributed by atoms with van der Waals surface area (Å²) in [6.45, 7) is 10.2. The second-order valence-corrected chi connectivity index (χ2v) is 6.90. The molecule has 26 heavy (non-hydrogen) atoms. The smallest absolute Gasteiger partial charge is 0.410 e. The fraction of sp³-hybridized carbons (Fsp3) is 0.474. The normalized spacial score (nSPS) is 12.7. The lowest BCUT2D eigenvalue weighted by Gasteiger charge is -2.30. The van der Waals surface area contributed by atoms with E-state index in [1.54, 1.807) is 11.1 Å². The van der Waals surface area contributed by atoms with Crippen LogP contribution in [0.2, 0.25) is 0 Å². The van der Waals surface area contributed by atoms with Crippen molar-refractivity contribution in [2.45, 2.75) is 46.3 Å². The van der Waals surface area contributed by atoms with Crippen LogP contribution in [0.25, 0.3) is 0 Å². The topological polar surface area (TPSA) is 65.4 Å². The first-order valence-corrected chi connectivity index (χ1v) is 8.48. The number of halogens is 2. The minimum atomic E-state index is -0.988. The Morgan fingerprint density at radius 2 is 2.00 bits per heavy atom. The van der Waals surface area contributed by atoms with Crippen molar-refractivity contribution in [3.63, 3.8) is 0 Å². The van der Waals surface area contributed by atoms with Crippen molar-refractivity contribution >= 4 is 11.8 Å². The van der Waals surface area contributed by atoms with Crippen LogP contribution in [0.1, 0.15) is 40.2 Å². The lowest BCUT2D eigenvalue weighted by atomic mass is 10.1. The molecule has 0 heterocycles. The standard InChI is InChI=1S/C19H27F2N3O2/c1-6-24(18(25)26-19(3,4)5)13(2)12-23-10-9-17(22)14-7-8-15(20)16(21)11-14/h7-11,13,22-23H,6,12H2,1-5H3/b10-9-,22-17?/t13-/m0/s1. The van der Waals surface area contributed by atoms with E-state index in [1.807, 2.05) is 34.6 Å². The van der Waals surface area contributed by atoms with Gasteiger partial charge in [0.1, 0.15) is 5.60 Å². The molecule has 2 N–H and O–H groups in total. The van der Waals surface area contributed by atoms with E-state index in [0.29, 0.717) is 13.1 Å². The molecule has 0 saturated carbocycles. The van der Waals surface area contributed by atoms with E-state index < -0.39 is 17.2 Å². The van der Waals surface area contributed by atoms with Crippen LogP contribution in [0.3, 0.4) is 0 Å². The summed E-state index contributed by atoms with van der Waals surface area (Å²) in [7, 11) is 0. The Hall–Kier alpha value is -2.44. The highest BCUT2D eigenvalue weighted by atomic mass is 19.2. The summed E-state index contributed by atoms with van der Waals surface area (Å²) in [6.07, 6.45) is 2.61. The van der Waals surface area contributed by atoms with Gasteiger partial charge in [0.05, 0.1) is 5.71 Å². The van der Waals surface area contributed by atoms with E-state index in [2.05, 4.69) is 5.32 Å². The summed E-state index contributed by atoms with van der Waals surface area (Å²) < 4.78 is 31.5. The molecule has 1 rings (SSSR count). The molecule has 1 atom stereocenters. The van der Waals surface area contributed by atoms with Crippen LogP contribution >= 0.6 is 0 Å². The van der Waals surface area contributed by atoms with Gasteiger partial charge in [0.2, 0.25) is 0 Å². The monoisotopic (exact) mass is 367 g/mol. The number of nitrogens with one attached hydrogen (secondary N) is 2. The summed E-state index contributed by atoms with van der Waals surface area (Å²) in [5.41, 5.74) is -0.237. The van der Waals surface area contributed by atoms with E-state index >= 15 is 0 Å². The second kappa shape index (κ2) is 9.31. The molecule has 0 bridgehead atoms. The number of ether oxygens (including phenoxy) is 1. The summed E-state index contributed by atoms with van der Waals surface area (Å²) in [6, 6.07) is 3.18. The molecule has 0 saturated heterocycles. The number of hydrogen-bond acceptors (Lipinski definition) is 4. The number of hydrogen-bond donors (Lipinski definition) is 2. The van der Waals surface area contributed by atoms with Crippen LogP contribution in [0.15, 0.2) is 30.5 Å². The molecule has 0 aliphatic rings. The van der Waals surface area contributed by atoms with Crippen LogP contribution < -0.4 is 5.32 Å². The minimum absolute atomic E-state index is 0.0449. The van der Waals surface area contributed by atoms with Gasteiger partial charge >= 0.3 is 6.09 Å². The van der Waals surface area contributed by atoms with E-state index in [4.69, 9.17) is 10.1 Å². The number of carbonyl (C=O) groups is 1. The second-order valence-electron chi connectivity index (χ2n) is 6.90. The SMILES string of the molecule is CCN(C(=O)OC(C)(C)C)[C@@H](C)CN/C=C\C(=N)c1ccc(F)c(F)c1. The fourth-order valence-corrected chi connectivity index (χ4v) is 2.19. The quantitative estimate of drug-likeness (QED) is 0.714. The largest absolute Gasteiger partial charge is 0.444 e. The molecule has 0 aromatic heterocycles. The lowest BCUT2D eigenvalue weighted by molar-refractivity contribution is 0.0191. The molecule has 0 unspecified atom stereocenters. The first-order valence-electron chi connectivity index (χ1n) is 8.48. The number of likely N-dealkylation sites (N-methyl/N-ethyl adjacent to an activating group) is 1. The molecular weight excluding hydrogens is 340 g/mol. The molecule has 0 aliphatic heterocycles. The van der Waals surface area contributed by atoms with Crippen LogP contribution in [-0.2, 0) is 4.74 Å². The number of carbonyl (C=O) groups excluding carboxylic acids is 1. The number of rotatable bonds is 7. The molecule has 0 radical (unpaired) electrons. The van der Waals surface area contributed by atoms with Gasteiger partial charge < -0.3 is 20.4 Å². The molecule has 144 valence electrons. The molecule has 1 aromatic rings. The van der Waals surface area contributed by atoms with E-state index in [0.717, 1.165) is 12.1 Å². The number of amides is 1. The maximum absolute atomic E-state index is 13.2. The lowest BCUT2D eigenvalue weighted by Crippen LogP contribution is -2.45. The Morgan fingerprint density at radius 3 is 2.54 bits per heavy atom. The maximum atomic E-state index is 13.2. The van der Waals surface area contributed by atoms with Crippen molar-refractivity contribution in [1.82, 2.24) is 10.2 Å². The summed E-state index contributed by atoms with van der Waals surface area (Å²) in [4.78, 5) is 13.8. The van der Waals surface area contributed by atoms with Gasteiger partial charge in [-0.05, 0) is 65.1 Å². The van der Waals surface area contributed by atoms with Crippen molar-refractivity contribution < 1.29 is 18.3 Å². The van der Waals surface area contributed by atoms with Gasteiger partial charge in [-0.2, -0.15) is 0 Å². The van der Waals surface area contributed by atoms with E-state index in [-0.39, 0.29) is 23.4 Å². The number of benzene rings is 1. The van der Waals surface area contributed by atoms with Crippen LogP contribution in [0, 0.1) is 17.0 Å². The Morgan fingerprint density at radius 1 is 1.35 bits per heavy atom. The van der Waals surface area contributed by atoms with Crippen molar-refractivity contribution in [1.29, 1.82) is 5.41 Å². The highest BCUT2D eigenvalue weighted by Crippen LogP contribution is 2.12. The molecule has 0 fully saturated rings. The average molecular weight is 367 g/mol. The summed E-state index contributed by atoms with van der Waals surface area (Å²) >= 11 is 0. The van der Waals surface area contributed by atoms with Crippen molar-refractivity contribution in [3.8, 4) is 0 Å². The molecule has 1 aromatic carbocycles. The predicted molar refractivity (Wildman–Crippen MR) is 98.4 cm³/mol. The third-order valence-electron chi connectivity index (χ3n) is 3.51. The van der Waals surface area contributed by atoms with Gasteiger partial charge in [-0.1, -0.05) is 0 Å². The Labute approximate surface area is 153 Å². The van der Waals surface area contributed by atoms with Crippen molar-refractivity contribution in [2.24, 2.45) is 0 Å². The van der Waals surface area contributed by atoms with Gasteiger partial charge in [0, 0.05) is 24.7 Å². The molecule has 7 heteroatoms. The third-order valence-corrected chi connectivity index (χ3v) is 3.51. The average Bonchev–Trinajstić information content (AvgIpc) is 2.52. The molecule has 0 spiro atoms. The van der Waals surface area contributed by atoms with Crippen LogP contribution in [-0.4, -0.2) is 41.4 Å². The number of nitrogens with zero attached hydrogens (tertiary/aromatic N) is 1. The highest BCUT2D eigenvalue weighted by Gasteiger charge is 2.24. The van der Waals surface area contributed by atoms with Gasteiger partial charge in [0.15, 0.2) is 11.6 Å². The zero-order valence-corrected chi connectivity index (χ0v) is 15.9. The van der Waals surface area contributed by atoms with Crippen LogP contribution in [0.5, 0.6) is 0 Å². The highest BCUT2D eigenvalue weighted by molar-refractivity contribution is 6.06. The van der Waals surface area contributed by atoms with Crippen LogP contribution in [0.4, 0.5) is 13.6 Å². The van der Waals surface area contributed by atoms with E-state index in [1.165, 1.54) is 12.1 Å². The molecule has 0 aliphatic carbocycles. The van der Waals surface area contributed by atoms with Gasteiger partial charge in [0.25, 0.3) is 0 Å². The van der Waals surface area contributed by atoms with Gasteiger partial charge in [-0.3, -0.25) is 0 Å². The number of allylic oxidation sites excluding steroid dienone is 1. The van der Waals surface area contributed by atoms with E-state index in [9.17, 15) is 13.6 Å². The fourth-order valence-electron chi connectivity index (χ4n) is 2.19. The third kappa shape index (κ3) is 6.82. The first-order chi connectivity index (χ1) is 12.0. The van der Waals surface area contributed by atoms with Crippen molar-refractivity contribution in [3.05, 3.63) is 47.7 Å². The minimum Gasteiger partial charge on any atom is -0.444 e. The maximum Gasteiger partial charge on any atom is 0.410 e. The predicted octanol–water partition coefficient (Wildman–Crippen LogP) is 4.08. The Balaban J connectivity index is 2.56. The Kier molecular flexibility index (Phi) is 7.74. The molecular formula is C19H27F2N3O2. The zero-order chi connectivity index (χ0) is 19.9. The van der Waals surface area contributed by atoms with Gasteiger partial charge in [-0.25, -0.2) is 13.6 Å². The Bertz CT molecular complexity index is 669. The molecule has 1 amide bonds. The summed E-state index contributed by atoms with van der Waals surface area (Å²) in [5.74, 6) is -1.93. The molecule has 5 nitrogen and oxygen atoms in total. The summed E-state index contributed by atoms with van der Waals surface area (Å²) in [5, 5.41) is 10.9. The first kappa shape index (κ1) is 21.6. The zero-order valence-electron chi connectivity index (χ0n) is 15.9. The van der Waals surface area contributed by atoms with Crippen molar-refractivity contribution in [2.75, 3.05) is 13.1 Å². The van der Waals surface area contributed by atoms with Gasteiger partial charge in [-0.15, -0.1) is 0 Å².